The van der Waals surface area contributed by atoms with Crippen LogP contribution in [0.25, 0.3) is 0 Å². The van der Waals surface area contributed by atoms with Gasteiger partial charge < -0.3 is 9.47 Å². The molecule has 1 heterocycles. The normalized spacial score (nSPS) is 11.0. The maximum absolute atomic E-state index is 11.9. The Kier molecular flexibility index (Phi) is 3.70. The van der Waals surface area contributed by atoms with Crippen molar-refractivity contribution in [1.82, 2.24) is 4.98 Å². The lowest BCUT2D eigenvalue weighted by Crippen LogP contribution is -2.20. The van der Waals surface area contributed by atoms with Crippen molar-refractivity contribution >= 4 is 5.97 Å². The van der Waals surface area contributed by atoms with Crippen LogP contribution in [-0.4, -0.2) is 30.8 Å². The lowest BCUT2D eigenvalue weighted by atomic mass is 10.3. The predicted molar refractivity (Wildman–Crippen MR) is 47.1 cm³/mol. The molecule has 16 heavy (non-hydrogen) atoms. The Hall–Kier alpha value is -1.79. The highest BCUT2D eigenvalue weighted by atomic mass is 19.4. The molecule has 0 aromatic carbocycles. The summed E-state index contributed by atoms with van der Waals surface area (Å²) in [7, 11) is 1.11. The van der Waals surface area contributed by atoms with Crippen LogP contribution >= 0.6 is 0 Å². The first-order valence-corrected chi connectivity index (χ1v) is 4.17. The van der Waals surface area contributed by atoms with Gasteiger partial charge in [0, 0.05) is 6.20 Å². The van der Waals surface area contributed by atoms with Gasteiger partial charge in [0.1, 0.15) is 5.56 Å². The number of rotatable bonds is 3. The smallest absolute Gasteiger partial charge is 0.422 e. The van der Waals surface area contributed by atoms with Crippen LogP contribution in [0.4, 0.5) is 13.2 Å². The third-order valence-corrected chi connectivity index (χ3v) is 1.55. The van der Waals surface area contributed by atoms with Gasteiger partial charge in [0.2, 0.25) is 5.88 Å². The van der Waals surface area contributed by atoms with E-state index in [0.29, 0.717) is 0 Å². The van der Waals surface area contributed by atoms with E-state index in [1.165, 1.54) is 18.3 Å². The van der Waals surface area contributed by atoms with E-state index in [4.69, 9.17) is 0 Å². The number of halogens is 3. The Balaban J connectivity index is 2.83. The zero-order valence-electron chi connectivity index (χ0n) is 8.25. The minimum Gasteiger partial charge on any atom is -0.467 e. The number of carbonyl (C=O) groups is 1. The van der Waals surface area contributed by atoms with E-state index in [-0.39, 0.29) is 5.56 Å². The highest BCUT2D eigenvalue weighted by Gasteiger charge is 2.29. The van der Waals surface area contributed by atoms with Crippen LogP contribution in [0.3, 0.4) is 0 Å². The maximum Gasteiger partial charge on any atom is 0.422 e. The predicted octanol–water partition coefficient (Wildman–Crippen LogP) is 1.81. The summed E-state index contributed by atoms with van der Waals surface area (Å²) >= 11 is 0. The summed E-state index contributed by atoms with van der Waals surface area (Å²) in [5, 5.41) is 0. The monoisotopic (exact) mass is 235 g/mol. The van der Waals surface area contributed by atoms with Gasteiger partial charge in [-0.15, -0.1) is 0 Å². The van der Waals surface area contributed by atoms with Crippen LogP contribution in [0.1, 0.15) is 10.4 Å². The number of aromatic nitrogens is 1. The Morgan fingerprint density at radius 1 is 1.50 bits per heavy atom. The number of nitrogens with zero attached hydrogens (tertiary/aromatic N) is 1. The first-order valence-electron chi connectivity index (χ1n) is 4.17. The third-order valence-electron chi connectivity index (χ3n) is 1.55. The molecule has 0 spiro atoms. The molecule has 0 saturated carbocycles. The zero-order valence-corrected chi connectivity index (χ0v) is 8.25. The summed E-state index contributed by atoms with van der Waals surface area (Å²) in [6.07, 6.45) is -3.26. The third kappa shape index (κ3) is 3.41. The fourth-order valence-electron chi connectivity index (χ4n) is 0.921. The second kappa shape index (κ2) is 4.82. The molecule has 88 valence electrons. The summed E-state index contributed by atoms with van der Waals surface area (Å²) in [6.45, 7) is -1.51. The number of ether oxygens (including phenoxy) is 2. The largest absolute Gasteiger partial charge is 0.467 e. The maximum atomic E-state index is 11.9. The molecule has 0 N–H and O–H groups in total. The lowest BCUT2D eigenvalue weighted by Gasteiger charge is -2.10. The molecular weight excluding hydrogens is 227 g/mol. The van der Waals surface area contributed by atoms with Gasteiger partial charge in [-0.3, -0.25) is 0 Å². The van der Waals surface area contributed by atoms with E-state index in [1.54, 1.807) is 0 Å². The van der Waals surface area contributed by atoms with Crippen LogP contribution in [0.5, 0.6) is 5.88 Å². The average Bonchev–Trinajstić information content (AvgIpc) is 2.25. The Morgan fingerprint density at radius 2 is 2.19 bits per heavy atom. The van der Waals surface area contributed by atoms with E-state index >= 15 is 0 Å². The van der Waals surface area contributed by atoms with E-state index in [9.17, 15) is 18.0 Å². The van der Waals surface area contributed by atoms with Crippen LogP contribution in [0, 0.1) is 0 Å². The molecule has 0 saturated heterocycles. The van der Waals surface area contributed by atoms with Crippen molar-refractivity contribution in [3.8, 4) is 5.88 Å². The number of alkyl halides is 3. The van der Waals surface area contributed by atoms with Crippen molar-refractivity contribution in [1.29, 1.82) is 0 Å². The number of pyridine rings is 1. The topological polar surface area (TPSA) is 48.4 Å². The number of methoxy groups -OCH3 is 1. The quantitative estimate of drug-likeness (QED) is 0.749. The van der Waals surface area contributed by atoms with Crippen LogP contribution < -0.4 is 4.74 Å². The van der Waals surface area contributed by atoms with Crippen molar-refractivity contribution in [2.24, 2.45) is 0 Å². The standard InChI is InChI=1S/C9H8F3NO3/c1-15-8(14)6-3-2-4-13-7(6)16-5-9(10,11)12/h2-4H,5H2,1H3. The molecule has 0 radical (unpaired) electrons. The SMILES string of the molecule is COC(=O)c1cccnc1OCC(F)(F)F. The van der Waals surface area contributed by atoms with E-state index < -0.39 is 24.6 Å². The summed E-state index contributed by atoms with van der Waals surface area (Å²) < 4.78 is 44.4. The molecule has 1 aromatic heterocycles. The van der Waals surface area contributed by atoms with Crippen molar-refractivity contribution in [2.45, 2.75) is 6.18 Å². The van der Waals surface area contributed by atoms with E-state index in [1.807, 2.05) is 0 Å². The fraction of sp³-hybridized carbons (Fsp3) is 0.333. The summed E-state index contributed by atoms with van der Waals surface area (Å²) in [4.78, 5) is 14.7. The molecule has 1 aromatic rings. The number of carbonyl (C=O) groups excluding carboxylic acids is 1. The lowest BCUT2D eigenvalue weighted by molar-refractivity contribution is -0.154. The summed E-state index contributed by atoms with van der Waals surface area (Å²) in [5.74, 6) is -1.20. The van der Waals surface area contributed by atoms with Gasteiger partial charge in [0.05, 0.1) is 7.11 Å². The van der Waals surface area contributed by atoms with Crippen molar-refractivity contribution in [3.63, 3.8) is 0 Å². The second-order valence-electron chi connectivity index (χ2n) is 2.75. The van der Waals surface area contributed by atoms with Crippen molar-refractivity contribution in [2.75, 3.05) is 13.7 Å². The fourth-order valence-corrected chi connectivity index (χ4v) is 0.921. The van der Waals surface area contributed by atoms with Gasteiger partial charge in [-0.2, -0.15) is 13.2 Å². The molecule has 1 rings (SSSR count). The Morgan fingerprint density at radius 3 is 2.75 bits per heavy atom. The van der Waals surface area contributed by atoms with Gasteiger partial charge in [-0.25, -0.2) is 9.78 Å². The van der Waals surface area contributed by atoms with Crippen LogP contribution in [0.2, 0.25) is 0 Å². The molecule has 0 aliphatic heterocycles. The Bertz CT molecular complexity index is 379. The highest BCUT2D eigenvalue weighted by molar-refractivity contribution is 5.91. The number of hydrogen-bond donors (Lipinski definition) is 0. The van der Waals surface area contributed by atoms with Crippen molar-refractivity contribution in [3.05, 3.63) is 23.9 Å². The molecule has 7 heteroatoms. The van der Waals surface area contributed by atoms with Crippen LogP contribution in [-0.2, 0) is 4.74 Å². The molecule has 0 amide bonds. The molecule has 4 nitrogen and oxygen atoms in total. The molecule has 0 aliphatic carbocycles. The highest BCUT2D eigenvalue weighted by Crippen LogP contribution is 2.20. The number of esters is 1. The minimum absolute atomic E-state index is 0.144. The van der Waals surface area contributed by atoms with Gasteiger partial charge in [-0.1, -0.05) is 0 Å². The molecule has 0 atom stereocenters. The van der Waals surface area contributed by atoms with Crippen molar-refractivity contribution < 1.29 is 27.4 Å². The Labute approximate surface area is 89.0 Å². The molecule has 0 aliphatic rings. The zero-order chi connectivity index (χ0) is 12.2. The van der Waals surface area contributed by atoms with E-state index in [0.717, 1.165) is 7.11 Å². The summed E-state index contributed by atoms with van der Waals surface area (Å²) in [6, 6.07) is 2.66. The first kappa shape index (κ1) is 12.3. The van der Waals surface area contributed by atoms with Gasteiger partial charge >= 0.3 is 12.1 Å². The molecular formula is C9H8F3NO3. The second-order valence-corrected chi connectivity index (χ2v) is 2.75. The number of hydrogen-bond acceptors (Lipinski definition) is 4. The van der Waals surface area contributed by atoms with Gasteiger partial charge in [0.25, 0.3) is 0 Å². The average molecular weight is 235 g/mol. The van der Waals surface area contributed by atoms with Gasteiger partial charge in [-0.05, 0) is 12.1 Å². The van der Waals surface area contributed by atoms with Gasteiger partial charge in [0.15, 0.2) is 6.61 Å². The minimum atomic E-state index is -4.48. The molecule has 0 bridgehead atoms. The van der Waals surface area contributed by atoms with E-state index in [2.05, 4.69) is 14.5 Å². The first-order chi connectivity index (χ1) is 7.44. The van der Waals surface area contributed by atoms with Crippen LogP contribution in [0.15, 0.2) is 18.3 Å². The molecule has 0 fully saturated rings. The summed E-state index contributed by atoms with van der Waals surface area (Å²) in [5.41, 5.74) is -0.144. The molecule has 0 unspecified atom stereocenters.